The molecule has 0 aliphatic rings. The minimum atomic E-state index is -0.720. The van der Waals surface area contributed by atoms with Gasteiger partial charge in [0.15, 0.2) is 0 Å². The summed E-state index contributed by atoms with van der Waals surface area (Å²) in [6.07, 6.45) is 0. The van der Waals surface area contributed by atoms with E-state index in [1.165, 1.54) is 0 Å². The lowest BCUT2D eigenvalue weighted by Crippen LogP contribution is -2.47. The van der Waals surface area contributed by atoms with Crippen LogP contribution >= 0.6 is 0 Å². The number of carbonyl (C=O) groups excluding carboxylic acids is 2. The van der Waals surface area contributed by atoms with E-state index >= 15 is 0 Å². The van der Waals surface area contributed by atoms with E-state index < -0.39 is 6.04 Å². The third kappa shape index (κ3) is 5.32. The van der Waals surface area contributed by atoms with Crippen LogP contribution in [-0.4, -0.2) is 24.5 Å². The number of carbonyl (C=O) groups is 2. The maximum absolute atomic E-state index is 12.7. The van der Waals surface area contributed by atoms with Gasteiger partial charge in [-0.15, -0.1) is 0 Å². The molecule has 6 nitrogen and oxygen atoms in total. The van der Waals surface area contributed by atoms with Crippen LogP contribution in [0, 0.1) is 17.2 Å². The summed E-state index contributed by atoms with van der Waals surface area (Å²) in [5, 5.41) is 14.4. The number of benzene rings is 2. The second-order valence-corrected chi connectivity index (χ2v) is 6.30. The summed E-state index contributed by atoms with van der Waals surface area (Å²) in [6.45, 7) is 6.00. The van der Waals surface area contributed by atoms with Crippen LogP contribution in [0.4, 0.5) is 5.69 Å². The van der Waals surface area contributed by atoms with E-state index in [1.54, 1.807) is 48.5 Å². The van der Waals surface area contributed by atoms with Crippen molar-refractivity contribution in [3.63, 3.8) is 0 Å². The molecule has 0 aliphatic heterocycles. The van der Waals surface area contributed by atoms with Crippen LogP contribution in [0.1, 0.15) is 36.7 Å². The summed E-state index contributed by atoms with van der Waals surface area (Å²) in [5.74, 6) is -0.330. The van der Waals surface area contributed by atoms with E-state index in [2.05, 4.69) is 10.6 Å². The normalized spacial score (nSPS) is 11.4. The lowest BCUT2D eigenvalue weighted by molar-refractivity contribution is -0.118. The molecule has 0 saturated heterocycles. The molecule has 2 N–H and O–H groups in total. The van der Waals surface area contributed by atoms with Gasteiger partial charge in [0, 0.05) is 5.69 Å². The smallest absolute Gasteiger partial charge is 0.255 e. The number of amides is 2. The number of ether oxygens (including phenoxy) is 1. The van der Waals surface area contributed by atoms with Crippen molar-refractivity contribution in [3.8, 4) is 11.8 Å². The number of hydrogen-bond acceptors (Lipinski definition) is 4. The van der Waals surface area contributed by atoms with Gasteiger partial charge in [0.1, 0.15) is 11.8 Å². The number of rotatable bonds is 7. The Balaban J connectivity index is 2.13. The fourth-order valence-electron chi connectivity index (χ4n) is 2.54. The number of anilines is 1. The molecule has 0 aromatic heterocycles. The average Bonchev–Trinajstić information content (AvgIpc) is 2.67. The highest BCUT2D eigenvalue weighted by molar-refractivity contribution is 6.02. The number of nitrogens with one attached hydrogen (secondary N) is 2. The van der Waals surface area contributed by atoms with Gasteiger partial charge >= 0.3 is 0 Å². The Bertz CT molecular complexity index is 838. The Kier molecular flexibility index (Phi) is 6.95. The van der Waals surface area contributed by atoms with Gasteiger partial charge in [-0.05, 0) is 49.2 Å². The van der Waals surface area contributed by atoms with E-state index in [1.807, 2.05) is 26.8 Å². The first-order chi connectivity index (χ1) is 13.0. The minimum Gasteiger partial charge on any atom is -0.493 e. The second kappa shape index (κ2) is 9.39. The first-order valence-electron chi connectivity index (χ1n) is 8.80. The van der Waals surface area contributed by atoms with Gasteiger partial charge in [-0.25, -0.2) is 0 Å². The lowest BCUT2D eigenvalue weighted by atomic mass is 10.0. The molecule has 2 aromatic carbocycles. The summed E-state index contributed by atoms with van der Waals surface area (Å²) >= 11 is 0. The highest BCUT2D eigenvalue weighted by Gasteiger charge is 2.26. The zero-order valence-corrected chi connectivity index (χ0v) is 15.7. The van der Waals surface area contributed by atoms with Crippen molar-refractivity contribution in [2.75, 3.05) is 11.9 Å². The zero-order chi connectivity index (χ0) is 19.8. The van der Waals surface area contributed by atoms with Crippen LogP contribution in [0.2, 0.25) is 0 Å². The van der Waals surface area contributed by atoms with Crippen molar-refractivity contribution in [2.24, 2.45) is 5.92 Å². The van der Waals surface area contributed by atoms with Gasteiger partial charge in [-0.1, -0.05) is 26.0 Å². The first kappa shape index (κ1) is 20.0. The molecule has 0 fully saturated rings. The van der Waals surface area contributed by atoms with Crippen molar-refractivity contribution < 1.29 is 14.3 Å². The van der Waals surface area contributed by atoms with Crippen LogP contribution < -0.4 is 15.4 Å². The van der Waals surface area contributed by atoms with Crippen molar-refractivity contribution >= 4 is 17.5 Å². The van der Waals surface area contributed by atoms with Gasteiger partial charge in [-0.3, -0.25) is 9.59 Å². The number of nitrogens with zero attached hydrogens (tertiary/aromatic N) is 1. The minimum absolute atomic E-state index is 0.119. The quantitative estimate of drug-likeness (QED) is 0.787. The highest BCUT2D eigenvalue weighted by Crippen LogP contribution is 2.19. The topological polar surface area (TPSA) is 91.2 Å². The molecule has 140 valence electrons. The molecule has 6 heteroatoms. The summed E-state index contributed by atoms with van der Waals surface area (Å²) in [5.41, 5.74) is 1.46. The molecule has 0 bridgehead atoms. The summed E-state index contributed by atoms with van der Waals surface area (Å²) < 4.78 is 5.49. The zero-order valence-electron chi connectivity index (χ0n) is 15.7. The first-order valence-corrected chi connectivity index (χ1v) is 8.80. The van der Waals surface area contributed by atoms with E-state index in [9.17, 15) is 9.59 Å². The van der Waals surface area contributed by atoms with Crippen LogP contribution in [0.25, 0.3) is 0 Å². The number of hydrogen-bond donors (Lipinski definition) is 2. The largest absolute Gasteiger partial charge is 0.493 e. The van der Waals surface area contributed by atoms with Gasteiger partial charge in [0.2, 0.25) is 5.91 Å². The van der Waals surface area contributed by atoms with Crippen LogP contribution in [-0.2, 0) is 4.79 Å². The molecule has 0 heterocycles. The summed E-state index contributed by atoms with van der Waals surface area (Å²) in [6, 6.07) is 14.8. The second-order valence-electron chi connectivity index (χ2n) is 6.30. The van der Waals surface area contributed by atoms with Gasteiger partial charge in [0.25, 0.3) is 5.91 Å². The molecular formula is C21H23N3O3. The molecule has 2 amide bonds. The fraction of sp³-hybridized carbons (Fsp3) is 0.286. The van der Waals surface area contributed by atoms with Gasteiger partial charge in [0.05, 0.1) is 23.8 Å². The van der Waals surface area contributed by atoms with E-state index in [-0.39, 0.29) is 17.7 Å². The monoisotopic (exact) mass is 365 g/mol. The van der Waals surface area contributed by atoms with Gasteiger partial charge < -0.3 is 15.4 Å². The van der Waals surface area contributed by atoms with E-state index in [4.69, 9.17) is 10.00 Å². The molecule has 1 atom stereocenters. The Hall–Kier alpha value is -3.33. The lowest BCUT2D eigenvalue weighted by Gasteiger charge is -2.22. The van der Waals surface area contributed by atoms with Crippen LogP contribution in [0.5, 0.6) is 5.75 Å². The van der Waals surface area contributed by atoms with Crippen LogP contribution in [0.3, 0.4) is 0 Å². The van der Waals surface area contributed by atoms with Crippen LogP contribution in [0.15, 0.2) is 48.5 Å². The molecule has 0 spiro atoms. The Morgan fingerprint density at radius 3 is 2.37 bits per heavy atom. The standard InChI is InChI=1S/C21H23N3O3/c1-4-27-18-8-6-5-7-17(18)20(25)24-19(14(2)3)21(26)23-16-11-9-15(13-22)10-12-16/h5-12,14,19H,4H2,1-3H3,(H,23,26)(H,24,25)/t19-/m0/s1. The predicted octanol–water partition coefficient (Wildman–Crippen LogP) is 3.35. The van der Waals surface area contributed by atoms with Crippen molar-refractivity contribution in [1.82, 2.24) is 5.32 Å². The molecule has 27 heavy (non-hydrogen) atoms. The molecule has 0 unspecified atom stereocenters. The molecule has 0 saturated carbocycles. The van der Waals surface area contributed by atoms with Crippen molar-refractivity contribution in [2.45, 2.75) is 26.8 Å². The Labute approximate surface area is 159 Å². The van der Waals surface area contributed by atoms with Gasteiger partial charge in [-0.2, -0.15) is 5.26 Å². The molecular weight excluding hydrogens is 342 g/mol. The molecule has 2 aromatic rings. The van der Waals surface area contributed by atoms with Crippen molar-refractivity contribution in [3.05, 3.63) is 59.7 Å². The summed E-state index contributed by atoms with van der Waals surface area (Å²) in [4.78, 5) is 25.4. The van der Waals surface area contributed by atoms with E-state index in [0.717, 1.165) is 0 Å². The number of nitriles is 1. The number of para-hydroxylation sites is 1. The van der Waals surface area contributed by atoms with Crippen molar-refractivity contribution in [1.29, 1.82) is 5.26 Å². The molecule has 0 aliphatic carbocycles. The molecule has 2 rings (SSSR count). The fourth-order valence-corrected chi connectivity index (χ4v) is 2.54. The van der Waals surface area contributed by atoms with E-state index in [0.29, 0.717) is 29.2 Å². The summed E-state index contributed by atoms with van der Waals surface area (Å²) in [7, 11) is 0. The Morgan fingerprint density at radius 1 is 1.11 bits per heavy atom. The molecule has 0 radical (unpaired) electrons. The predicted molar refractivity (Wildman–Crippen MR) is 103 cm³/mol. The SMILES string of the molecule is CCOc1ccccc1C(=O)N[C@H](C(=O)Nc1ccc(C#N)cc1)C(C)C. The maximum atomic E-state index is 12.7. The maximum Gasteiger partial charge on any atom is 0.255 e. The Morgan fingerprint density at radius 2 is 1.78 bits per heavy atom. The third-order valence-electron chi connectivity index (χ3n) is 3.95. The third-order valence-corrected chi connectivity index (χ3v) is 3.95. The average molecular weight is 365 g/mol. The highest BCUT2D eigenvalue weighted by atomic mass is 16.5.